The third-order valence-corrected chi connectivity index (χ3v) is 6.18. The van der Waals surface area contributed by atoms with Crippen LogP contribution in [0.25, 0.3) is 0 Å². The molecule has 1 unspecified atom stereocenters. The van der Waals surface area contributed by atoms with Crippen molar-refractivity contribution in [2.24, 2.45) is 0 Å². The summed E-state index contributed by atoms with van der Waals surface area (Å²) in [5.41, 5.74) is 1.74. The summed E-state index contributed by atoms with van der Waals surface area (Å²) in [6.07, 6.45) is 0.682. The molecule has 0 radical (unpaired) electrons. The summed E-state index contributed by atoms with van der Waals surface area (Å²) < 4.78 is 52.6. The molecule has 0 saturated carbocycles. The monoisotopic (exact) mass is 436 g/mol. The van der Waals surface area contributed by atoms with Crippen LogP contribution in [0, 0.1) is 0 Å². The molecule has 0 fully saturated rings. The van der Waals surface area contributed by atoms with Crippen LogP contribution in [-0.4, -0.2) is 29.3 Å². The van der Waals surface area contributed by atoms with Crippen LogP contribution in [0.15, 0.2) is 53.8 Å². The van der Waals surface area contributed by atoms with Crippen LogP contribution in [0.4, 0.5) is 30.6 Å². The summed E-state index contributed by atoms with van der Waals surface area (Å²) in [5.74, 6) is -0.231. The SMILES string of the molecule is CC1=CC(Nc2nc(Nc3ccc(P(C)(C)=O)cc3)ncc2C(F)(F)F)CC(C)=C1. The van der Waals surface area contributed by atoms with Gasteiger partial charge in [0.1, 0.15) is 18.5 Å². The molecule has 1 atom stereocenters. The highest BCUT2D eigenvalue weighted by atomic mass is 31.2. The second-order valence-corrected chi connectivity index (χ2v) is 11.1. The Kier molecular flexibility index (Phi) is 6.09. The van der Waals surface area contributed by atoms with E-state index in [0.717, 1.165) is 17.3 Å². The predicted molar refractivity (Wildman–Crippen MR) is 115 cm³/mol. The van der Waals surface area contributed by atoms with Crippen molar-refractivity contribution in [1.82, 2.24) is 9.97 Å². The van der Waals surface area contributed by atoms with E-state index in [0.29, 0.717) is 17.4 Å². The van der Waals surface area contributed by atoms with Gasteiger partial charge in [0.05, 0.1) is 6.04 Å². The number of nitrogens with one attached hydrogen (secondary N) is 2. The summed E-state index contributed by atoms with van der Waals surface area (Å²) in [5, 5.41) is 6.53. The number of halogens is 3. The number of aromatic nitrogens is 2. The maximum atomic E-state index is 13.5. The Labute approximate surface area is 173 Å². The molecular weight excluding hydrogens is 412 g/mol. The molecule has 1 heterocycles. The van der Waals surface area contributed by atoms with Crippen molar-refractivity contribution >= 4 is 29.9 Å². The predicted octanol–water partition coefficient (Wildman–Crippen LogP) is 5.56. The van der Waals surface area contributed by atoms with Crippen LogP contribution in [0.2, 0.25) is 0 Å². The Morgan fingerprint density at radius 3 is 2.37 bits per heavy atom. The standard InChI is InChI=1S/C21H24F3N4OP/c1-13-9-14(2)11-16(10-13)26-19-18(21(22,23)24)12-25-20(28-19)27-15-5-7-17(8-6-15)30(3,4)29/h5-10,12,16H,11H2,1-4H3,(H2,25,26,27,28). The summed E-state index contributed by atoms with van der Waals surface area (Å²) in [4.78, 5) is 7.92. The molecule has 0 aliphatic heterocycles. The van der Waals surface area contributed by atoms with Gasteiger partial charge in [-0.05, 0) is 57.9 Å². The van der Waals surface area contributed by atoms with Gasteiger partial charge in [0.15, 0.2) is 0 Å². The van der Waals surface area contributed by atoms with E-state index in [1.807, 2.05) is 26.0 Å². The molecule has 30 heavy (non-hydrogen) atoms. The first kappa shape index (κ1) is 22.1. The number of rotatable bonds is 5. The maximum Gasteiger partial charge on any atom is 0.421 e. The zero-order valence-corrected chi connectivity index (χ0v) is 18.1. The quantitative estimate of drug-likeness (QED) is 0.601. The first-order valence-corrected chi connectivity index (χ1v) is 12.0. The highest BCUT2D eigenvalue weighted by Gasteiger charge is 2.36. The van der Waals surface area contributed by atoms with E-state index >= 15 is 0 Å². The Hall–Kier alpha value is -2.60. The lowest BCUT2D eigenvalue weighted by atomic mass is 9.97. The van der Waals surface area contributed by atoms with Crippen LogP contribution in [0.3, 0.4) is 0 Å². The van der Waals surface area contributed by atoms with Crippen LogP contribution >= 0.6 is 7.14 Å². The molecule has 0 amide bonds. The minimum absolute atomic E-state index is 0.0400. The molecule has 2 aromatic rings. The Morgan fingerprint density at radius 2 is 1.80 bits per heavy atom. The molecule has 2 N–H and O–H groups in total. The largest absolute Gasteiger partial charge is 0.421 e. The lowest BCUT2D eigenvalue weighted by molar-refractivity contribution is -0.137. The molecule has 0 spiro atoms. The van der Waals surface area contributed by atoms with E-state index in [4.69, 9.17) is 0 Å². The molecule has 1 aliphatic rings. The van der Waals surface area contributed by atoms with E-state index in [-0.39, 0.29) is 17.8 Å². The Bertz CT molecular complexity index is 1040. The molecule has 0 bridgehead atoms. The van der Waals surface area contributed by atoms with Crippen molar-refractivity contribution in [2.75, 3.05) is 24.0 Å². The van der Waals surface area contributed by atoms with Crippen molar-refractivity contribution in [1.29, 1.82) is 0 Å². The number of hydrogen-bond donors (Lipinski definition) is 2. The lowest BCUT2D eigenvalue weighted by Gasteiger charge is -2.23. The third-order valence-electron chi connectivity index (χ3n) is 4.64. The Balaban J connectivity index is 1.87. The average Bonchev–Trinajstić information content (AvgIpc) is 2.59. The molecule has 160 valence electrons. The van der Waals surface area contributed by atoms with Gasteiger partial charge in [-0.15, -0.1) is 0 Å². The van der Waals surface area contributed by atoms with Crippen LogP contribution in [0.5, 0.6) is 0 Å². The summed E-state index contributed by atoms with van der Waals surface area (Å²) in [6, 6.07) is 6.55. The fourth-order valence-electron chi connectivity index (χ4n) is 3.28. The molecule has 1 aromatic heterocycles. The van der Waals surface area contributed by atoms with Gasteiger partial charge in [0.25, 0.3) is 0 Å². The van der Waals surface area contributed by atoms with E-state index in [1.54, 1.807) is 37.6 Å². The summed E-state index contributed by atoms with van der Waals surface area (Å²) >= 11 is 0. The second-order valence-electron chi connectivity index (χ2n) is 7.83. The zero-order chi connectivity index (χ0) is 22.1. The summed E-state index contributed by atoms with van der Waals surface area (Å²) in [6.45, 7) is 7.19. The van der Waals surface area contributed by atoms with Gasteiger partial charge >= 0.3 is 6.18 Å². The molecule has 0 saturated heterocycles. The highest BCUT2D eigenvalue weighted by Crippen LogP contribution is 2.36. The minimum Gasteiger partial charge on any atom is -0.363 e. The van der Waals surface area contributed by atoms with Crippen LogP contribution in [0.1, 0.15) is 25.8 Å². The van der Waals surface area contributed by atoms with Crippen LogP contribution < -0.4 is 15.9 Å². The number of benzene rings is 1. The van der Waals surface area contributed by atoms with Gasteiger partial charge in [-0.1, -0.05) is 23.3 Å². The molecule has 1 aliphatic carbocycles. The van der Waals surface area contributed by atoms with Crippen LogP contribution in [-0.2, 0) is 10.7 Å². The van der Waals surface area contributed by atoms with E-state index in [9.17, 15) is 17.7 Å². The van der Waals surface area contributed by atoms with Gasteiger partial charge in [-0.25, -0.2) is 4.98 Å². The number of allylic oxidation sites excluding steroid dienone is 2. The molecule has 3 rings (SSSR count). The van der Waals surface area contributed by atoms with Gasteiger partial charge < -0.3 is 15.2 Å². The Morgan fingerprint density at radius 1 is 1.13 bits per heavy atom. The average molecular weight is 436 g/mol. The van der Waals surface area contributed by atoms with Crippen molar-refractivity contribution in [3.05, 3.63) is 59.3 Å². The second kappa shape index (κ2) is 8.26. The van der Waals surface area contributed by atoms with Gasteiger partial charge in [0, 0.05) is 17.2 Å². The number of nitrogens with zero attached hydrogens (tertiary/aromatic N) is 2. The van der Waals surface area contributed by atoms with Crippen molar-refractivity contribution < 1.29 is 17.7 Å². The maximum absolute atomic E-state index is 13.5. The van der Waals surface area contributed by atoms with Crippen molar-refractivity contribution in [2.45, 2.75) is 32.5 Å². The van der Waals surface area contributed by atoms with Gasteiger partial charge in [0.2, 0.25) is 5.95 Å². The smallest absolute Gasteiger partial charge is 0.363 e. The van der Waals surface area contributed by atoms with Gasteiger partial charge in [-0.3, -0.25) is 0 Å². The van der Waals surface area contributed by atoms with Crippen molar-refractivity contribution in [3.63, 3.8) is 0 Å². The minimum atomic E-state index is -4.58. The van der Waals surface area contributed by atoms with E-state index < -0.39 is 18.9 Å². The number of alkyl halides is 3. The fraction of sp³-hybridized carbons (Fsp3) is 0.333. The summed E-state index contributed by atoms with van der Waals surface area (Å²) in [7, 11) is -2.39. The first-order valence-electron chi connectivity index (χ1n) is 9.41. The van der Waals surface area contributed by atoms with Crippen molar-refractivity contribution in [3.8, 4) is 0 Å². The first-order chi connectivity index (χ1) is 13.9. The molecular formula is C21H24F3N4OP. The topological polar surface area (TPSA) is 66.9 Å². The highest BCUT2D eigenvalue weighted by molar-refractivity contribution is 7.70. The van der Waals surface area contributed by atoms with Gasteiger partial charge in [-0.2, -0.15) is 18.2 Å². The van der Waals surface area contributed by atoms with E-state index in [1.165, 1.54) is 0 Å². The molecule has 9 heteroatoms. The zero-order valence-electron chi connectivity index (χ0n) is 17.2. The normalized spacial score (nSPS) is 17.2. The van der Waals surface area contributed by atoms with E-state index in [2.05, 4.69) is 20.6 Å². The number of anilines is 3. The molecule has 5 nitrogen and oxygen atoms in total. The number of hydrogen-bond acceptors (Lipinski definition) is 5. The fourth-order valence-corrected chi connectivity index (χ4v) is 4.15. The lowest BCUT2D eigenvalue weighted by Crippen LogP contribution is -2.23. The molecule has 1 aromatic carbocycles. The third kappa shape index (κ3) is 5.51.